The van der Waals surface area contributed by atoms with Crippen LogP contribution in [0.5, 0.6) is 11.5 Å². The topological polar surface area (TPSA) is 92.2 Å². The summed E-state index contributed by atoms with van der Waals surface area (Å²) in [6, 6.07) is 15.0. The van der Waals surface area contributed by atoms with Gasteiger partial charge in [-0.05, 0) is 30.7 Å². The van der Waals surface area contributed by atoms with E-state index in [0.717, 1.165) is 39.1 Å². The predicted octanol–water partition coefficient (Wildman–Crippen LogP) is 3.44. The maximum Gasteiger partial charge on any atom is 0.142 e. The maximum atomic E-state index is 5.95. The number of hydrogen-bond donors (Lipinski definition) is 2. The van der Waals surface area contributed by atoms with Gasteiger partial charge in [0.1, 0.15) is 24.7 Å². The van der Waals surface area contributed by atoms with Crippen molar-refractivity contribution >= 4 is 11.4 Å². The summed E-state index contributed by atoms with van der Waals surface area (Å²) >= 11 is 0. The molecule has 7 nitrogen and oxygen atoms in total. The van der Waals surface area contributed by atoms with Crippen LogP contribution in [0.4, 0.5) is 11.4 Å². The fraction of sp³-hybridized carbons (Fsp3) is 0.500. The summed E-state index contributed by atoms with van der Waals surface area (Å²) in [6.07, 6.45) is 2.23. The van der Waals surface area contributed by atoms with Crippen LogP contribution in [0.15, 0.2) is 48.5 Å². The van der Waals surface area contributed by atoms with Crippen LogP contribution in [0, 0.1) is 0 Å². The van der Waals surface area contributed by atoms with E-state index in [1.165, 1.54) is 0 Å². The Kier molecular flexibility index (Phi) is 12.3. The Morgan fingerprint density at radius 2 is 1.13 bits per heavy atom. The molecule has 0 bridgehead atoms. The lowest BCUT2D eigenvalue weighted by molar-refractivity contribution is 0.0350. The molecule has 0 aliphatic rings. The van der Waals surface area contributed by atoms with E-state index in [2.05, 4.69) is 11.8 Å². The first-order valence-corrected chi connectivity index (χ1v) is 11.0. The van der Waals surface area contributed by atoms with E-state index in [9.17, 15) is 0 Å². The highest BCUT2D eigenvalue weighted by Crippen LogP contribution is 2.20. The molecule has 2 aromatic rings. The van der Waals surface area contributed by atoms with Crippen molar-refractivity contribution < 1.29 is 18.9 Å². The van der Waals surface area contributed by atoms with Crippen molar-refractivity contribution in [1.82, 2.24) is 4.90 Å². The average Bonchev–Trinajstić information content (AvgIpc) is 2.77. The van der Waals surface area contributed by atoms with Crippen molar-refractivity contribution in [2.24, 2.45) is 0 Å². The number of nitrogens with zero attached hydrogens (tertiary/aromatic N) is 1. The van der Waals surface area contributed by atoms with Crippen LogP contribution in [0.2, 0.25) is 0 Å². The van der Waals surface area contributed by atoms with E-state index in [-0.39, 0.29) is 0 Å². The summed E-state index contributed by atoms with van der Waals surface area (Å²) in [7, 11) is 0. The van der Waals surface area contributed by atoms with Gasteiger partial charge >= 0.3 is 0 Å². The molecule has 0 unspecified atom stereocenters. The van der Waals surface area contributed by atoms with Crippen LogP contribution < -0.4 is 20.9 Å². The number of hydrogen-bond acceptors (Lipinski definition) is 7. The van der Waals surface area contributed by atoms with Crippen molar-refractivity contribution in [3.05, 3.63) is 48.5 Å². The fourth-order valence-electron chi connectivity index (χ4n) is 2.89. The molecule has 0 saturated carbocycles. The van der Waals surface area contributed by atoms with Crippen LogP contribution in [-0.4, -0.2) is 64.2 Å². The number of unbranched alkanes of at least 4 members (excludes halogenated alkanes) is 1. The Morgan fingerprint density at radius 1 is 0.645 bits per heavy atom. The molecule has 0 heterocycles. The van der Waals surface area contributed by atoms with Gasteiger partial charge in [0.15, 0.2) is 0 Å². The molecule has 0 saturated heterocycles. The second-order valence-corrected chi connectivity index (χ2v) is 7.19. The number of benzene rings is 2. The van der Waals surface area contributed by atoms with E-state index < -0.39 is 0 Å². The van der Waals surface area contributed by atoms with Crippen molar-refractivity contribution in [3.63, 3.8) is 0 Å². The van der Waals surface area contributed by atoms with E-state index in [1.54, 1.807) is 0 Å². The van der Waals surface area contributed by atoms with Gasteiger partial charge in [0, 0.05) is 26.2 Å². The zero-order chi connectivity index (χ0) is 22.2. The molecule has 0 atom stereocenters. The average molecular weight is 432 g/mol. The predicted molar refractivity (Wildman–Crippen MR) is 126 cm³/mol. The molecule has 0 spiro atoms. The Hall–Kier alpha value is -2.48. The minimum atomic E-state index is 0.530. The Balaban J connectivity index is 1.72. The third-order valence-electron chi connectivity index (χ3n) is 4.73. The van der Waals surface area contributed by atoms with Gasteiger partial charge in [-0.3, -0.25) is 4.90 Å². The largest absolute Gasteiger partial charge is 0.490 e. The van der Waals surface area contributed by atoms with E-state index >= 15 is 0 Å². The van der Waals surface area contributed by atoms with Gasteiger partial charge in [-0.1, -0.05) is 37.6 Å². The number of nitrogen functional groups attached to an aromatic ring is 2. The molecule has 0 aliphatic carbocycles. The highest BCUT2D eigenvalue weighted by atomic mass is 16.5. The van der Waals surface area contributed by atoms with E-state index in [1.807, 2.05) is 48.5 Å². The molecule has 7 heteroatoms. The summed E-state index contributed by atoms with van der Waals surface area (Å²) in [5, 5.41) is 0. The third-order valence-corrected chi connectivity index (χ3v) is 4.73. The highest BCUT2D eigenvalue weighted by molar-refractivity contribution is 5.52. The molecular weight excluding hydrogens is 394 g/mol. The molecule has 2 aromatic carbocycles. The van der Waals surface area contributed by atoms with Gasteiger partial charge in [0.2, 0.25) is 0 Å². The van der Waals surface area contributed by atoms with Crippen LogP contribution in [0.3, 0.4) is 0 Å². The molecular formula is C24H37N3O4. The minimum Gasteiger partial charge on any atom is -0.490 e. The van der Waals surface area contributed by atoms with Crippen LogP contribution in [-0.2, 0) is 9.47 Å². The minimum absolute atomic E-state index is 0.530. The van der Waals surface area contributed by atoms with E-state index in [0.29, 0.717) is 55.9 Å². The Labute approximate surface area is 186 Å². The van der Waals surface area contributed by atoms with E-state index in [4.69, 9.17) is 30.4 Å². The number of nitrogens with two attached hydrogens (primary N) is 2. The number of para-hydroxylation sites is 4. The first-order chi connectivity index (χ1) is 15.2. The lowest BCUT2D eigenvalue weighted by Gasteiger charge is -2.23. The summed E-state index contributed by atoms with van der Waals surface area (Å²) in [5.41, 5.74) is 13.2. The monoisotopic (exact) mass is 431 g/mol. The summed E-state index contributed by atoms with van der Waals surface area (Å²) in [4.78, 5) is 2.25. The fourth-order valence-corrected chi connectivity index (χ4v) is 2.89. The first-order valence-electron chi connectivity index (χ1n) is 11.0. The van der Waals surface area contributed by atoms with Crippen molar-refractivity contribution in [2.75, 3.05) is 70.7 Å². The van der Waals surface area contributed by atoms with Gasteiger partial charge in [-0.15, -0.1) is 0 Å². The van der Waals surface area contributed by atoms with Crippen molar-refractivity contribution in [3.8, 4) is 11.5 Å². The number of ether oxygens (including phenoxy) is 4. The second kappa shape index (κ2) is 15.3. The van der Waals surface area contributed by atoms with Crippen molar-refractivity contribution in [1.29, 1.82) is 0 Å². The van der Waals surface area contributed by atoms with Gasteiger partial charge in [-0.2, -0.15) is 0 Å². The molecule has 0 amide bonds. The smallest absolute Gasteiger partial charge is 0.142 e. The highest BCUT2D eigenvalue weighted by Gasteiger charge is 2.08. The standard InChI is InChI=1S/C24H37N3O4/c1-2-3-15-28-19-20-29-16-12-27(13-17-30-23-10-6-4-8-21(23)25)14-18-31-24-11-7-5-9-22(24)26/h4-11H,2-3,12-20,25-26H2,1H3. The summed E-state index contributed by atoms with van der Waals surface area (Å²) in [5.74, 6) is 1.41. The Bertz CT molecular complexity index is 678. The zero-order valence-electron chi connectivity index (χ0n) is 18.6. The Morgan fingerprint density at radius 3 is 1.65 bits per heavy atom. The summed E-state index contributed by atoms with van der Waals surface area (Å²) < 4.78 is 22.9. The molecule has 0 radical (unpaired) electrons. The third kappa shape index (κ3) is 10.4. The molecule has 172 valence electrons. The molecule has 0 fully saturated rings. The molecule has 0 aliphatic heterocycles. The number of rotatable bonds is 17. The molecule has 2 rings (SSSR count). The maximum absolute atomic E-state index is 5.95. The van der Waals surface area contributed by atoms with Crippen LogP contribution in [0.25, 0.3) is 0 Å². The van der Waals surface area contributed by atoms with Gasteiger partial charge in [0.25, 0.3) is 0 Å². The van der Waals surface area contributed by atoms with Crippen LogP contribution in [0.1, 0.15) is 19.8 Å². The number of anilines is 2. The van der Waals surface area contributed by atoms with Gasteiger partial charge in [0.05, 0.1) is 31.2 Å². The quantitative estimate of drug-likeness (QED) is 0.293. The van der Waals surface area contributed by atoms with Gasteiger partial charge in [-0.25, -0.2) is 0 Å². The molecule has 0 aromatic heterocycles. The normalized spacial score (nSPS) is 11.0. The summed E-state index contributed by atoms with van der Waals surface area (Å²) in [6.45, 7) is 8.11. The van der Waals surface area contributed by atoms with Gasteiger partial charge < -0.3 is 30.4 Å². The first kappa shape index (κ1) is 24.8. The second-order valence-electron chi connectivity index (χ2n) is 7.19. The lowest BCUT2D eigenvalue weighted by atomic mass is 10.3. The SMILES string of the molecule is CCCCOCCOCCN(CCOc1ccccc1N)CCOc1ccccc1N. The lowest BCUT2D eigenvalue weighted by Crippen LogP contribution is -2.35. The molecule has 31 heavy (non-hydrogen) atoms. The molecule has 4 N–H and O–H groups in total. The zero-order valence-corrected chi connectivity index (χ0v) is 18.6. The van der Waals surface area contributed by atoms with Crippen LogP contribution >= 0.6 is 0 Å². The van der Waals surface area contributed by atoms with Crippen molar-refractivity contribution in [2.45, 2.75) is 19.8 Å².